The van der Waals surface area contributed by atoms with Crippen molar-refractivity contribution in [1.82, 2.24) is 5.43 Å². The average Bonchev–Trinajstić information content (AvgIpc) is 2.41. The maximum atomic E-state index is 13.3. The standard InChI is InChI=1S/C18H29FN2/c1-12-11-15(19)9-10-16(12)17(21-20)13-5-7-14(8-6-13)18(2,3)4/h9-11,13-14,17,21H,5-8,20H2,1-4H3. The van der Waals surface area contributed by atoms with Crippen molar-refractivity contribution in [2.24, 2.45) is 23.1 Å². The second-order valence-electron chi connectivity index (χ2n) is 7.62. The first-order valence-electron chi connectivity index (χ1n) is 8.05. The first-order chi connectivity index (χ1) is 9.82. The van der Waals surface area contributed by atoms with Crippen LogP contribution in [0, 0.1) is 30.0 Å². The van der Waals surface area contributed by atoms with Crippen molar-refractivity contribution < 1.29 is 4.39 Å². The summed E-state index contributed by atoms with van der Waals surface area (Å²) in [5, 5.41) is 0. The van der Waals surface area contributed by atoms with E-state index in [1.807, 2.05) is 13.0 Å². The lowest BCUT2D eigenvalue weighted by Gasteiger charge is -2.39. The molecule has 1 unspecified atom stereocenters. The predicted molar refractivity (Wildman–Crippen MR) is 86.1 cm³/mol. The van der Waals surface area contributed by atoms with E-state index in [0.717, 1.165) is 17.0 Å². The first kappa shape index (κ1) is 16.4. The summed E-state index contributed by atoms with van der Waals surface area (Å²) in [6.45, 7) is 8.96. The molecule has 0 saturated heterocycles. The summed E-state index contributed by atoms with van der Waals surface area (Å²) < 4.78 is 13.3. The van der Waals surface area contributed by atoms with Gasteiger partial charge >= 0.3 is 0 Å². The molecule has 21 heavy (non-hydrogen) atoms. The van der Waals surface area contributed by atoms with Crippen LogP contribution in [0.15, 0.2) is 18.2 Å². The molecule has 0 aliphatic heterocycles. The molecule has 1 fully saturated rings. The second-order valence-corrected chi connectivity index (χ2v) is 7.62. The van der Waals surface area contributed by atoms with Gasteiger partial charge in [0, 0.05) is 6.04 Å². The number of hydrogen-bond donors (Lipinski definition) is 2. The lowest BCUT2D eigenvalue weighted by atomic mass is 9.68. The van der Waals surface area contributed by atoms with Gasteiger partial charge in [-0.3, -0.25) is 11.3 Å². The molecule has 3 heteroatoms. The van der Waals surface area contributed by atoms with Crippen molar-refractivity contribution in [2.75, 3.05) is 0 Å². The van der Waals surface area contributed by atoms with Gasteiger partial charge in [0.25, 0.3) is 0 Å². The fraction of sp³-hybridized carbons (Fsp3) is 0.667. The van der Waals surface area contributed by atoms with Crippen LogP contribution < -0.4 is 11.3 Å². The topological polar surface area (TPSA) is 38.0 Å². The Kier molecular flexibility index (Phi) is 5.05. The lowest BCUT2D eigenvalue weighted by molar-refractivity contribution is 0.132. The van der Waals surface area contributed by atoms with Gasteiger partial charge in [-0.2, -0.15) is 0 Å². The van der Waals surface area contributed by atoms with E-state index < -0.39 is 0 Å². The van der Waals surface area contributed by atoms with Gasteiger partial charge in [-0.1, -0.05) is 26.8 Å². The number of hydrogen-bond acceptors (Lipinski definition) is 2. The summed E-state index contributed by atoms with van der Waals surface area (Å²) in [5.41, 5.74) is 5.49. The minimum atomic E-state index is -0.177. The van der Waals surface area contributed by atoms with Gasteiger partial charge in [0.2, 0.25) is 0 Å². The van der Waals surface area contributed by atoms with E-state index >= 15 is 0 Å². The van der Waals surface area contributed by atoms with E-state index in [1.54, 1.807) is 6.07 Å². The maximum absolute atomic E-state index is 13.3. The van der Waals surface area contributed by atoms with Crippen molar-refractivity contribution >= 4 is 0 Å². The van der Waals surface area contributed by atoms with Crippen molar-refractivity contribution in [1.29, 1.82) is 0 Å². The Bertz CT molecular complexity index is 471. The van der Waals surface area contributed by atoms with Crippen molar-refractivity contribution in [3.63, 3.8) is 0 Å². The summed E-state index contributed by atoms with van der Waals surface area (Å²) >= 11 is 0. The second kappa shape index (κ2) is 6.45. The SMILES string of the molecule is Cc1cc(F)ccc1C(NN)C1CCC(C(C)(C)C)CC1. The van der Waals surface area contributed by atoms with Crippen LogP contribution in [0.3, 0.4) is 0 Å². The summed E-state index contributed by atoms with van der Waals surface area (Å²) in [5.74, 6) is 6.97. The molecule has 0 heterocycles. The van der Waals surface area contributed by atoms with Gasteiger partial charge < -0.3 is 0 Å². The predicted octanol–water partition coefficient (Wildman–Crippen LogP) is 4.49. The molecule has 0 bridgehead atoms. The fourth-order valence-corrected chi connectivity index (χ4v) is 3.79. The molecule has 1 aliphatic carbocycles. The molecular formula is C18H29FN2. The third-order valence-corrected chi connectivity index (χ3v) is 5.21. The molecule has 1 aromatic rings. The van der Waals surface area contributed by atoms with Gasteiger partial charge in [-0.25, -0.2) is 4.39 Å². The van der Waals surface area contributed by atoms with Crippen LogP contribution in [0.5, 0.6) is 0 Å². The molecule has 1 atom stereocenters. The Labute approximate surface area is 128 Å². The minimum Gasteiger partial charge on any atom is -0.271 e. The number of hydrazine groups is 1. The van der Waals surface area contributed by atoms with Crippen LogP contribution in [0.2, 0.25) is 0 Å². The van der Waals surface area contributed by atoms with Gasteiger partial charge in [-0.15, -0.1) is 0 Å². The molecule has 2 nitrogen and oxygen atoms in total. The van der Waals surface area contributed by atoms with Gasteiger partial charge in [-0.05, 0) is 73.1 Å². The van der Waals surface area contributed by atoms with Crippen molar-refractivity contribution in [2.45, 2.75) is 59.4 Å². The molecule has 0 radical (unpaired) electrons. The Hall–Kier alpha value is -0.930. The zero-order valence-electron chi connectivity index (χ0n) is 13.7. The van der Waals surface area contributed by atoms with E-state index in [1.165, 1.54) is 31.7 Å². The van der Waals surface area contributed by atoms with Crippen LogP contribution in [-0.2, 0) is 0 Å². The molecular weight excluding hydrogens is 263 g/mol. The van der Waals surface area contributed by atoms with Gasteiger partial charge in [0.1, 0.15) is 5.82 Å². The number of aryl methyl sites for hydroxylation is 1. The van der Waals surface area contributed by atoms with Crippen LogP contribution in [-0.4, -0.2) is 0 Å². The molecule has 2 rings (SSSR count). The minimum absolute atomic E-state index is 0.131. The highest BCUT2D eigenvalue weighted by Gasteiger charge is 2.33. The van der Waals surface area contributed by atoms with E-state index in [-0.39, 0.29) is 11.9 Å². The first-order valence-corrected chi connectivity index (χ1v) is 8.05. The highest BCUT2D eigenvalue weighted by Crippen LogP contribution is 2.43. The molecule has 0 aromatic heterocycles. The number of rotatable bonds is 3. The summed E-state index contributed by atoms with van der Waals surface area (Å²) in [7, 11) is 0. The number of benzene rings is 1. The largest absolute Gasteiger partial charge is 0.271 e. The van der Waals surface area contributed by atoms with Gasteiger partial charge in [0.15, 0.2) is 0 Å². The summed E-state index contributed by atoms with van der Waals surface area (Å²) in [4.78, 5) is 0. The Morgan fingerprint density at radius 2 is 1.81 bits per heavy atom. The maximum Gasteiger partial charge on any atom is 0.123 e. The zero-order valence-corrected chi connectivity index (χ0v) is 13.7. The third kappa shape index (κ3) is 3.83. The Morgan fingerprint density at radius 3 is 2.29 bits per heavy atom. The van der Waals surface area contributed by atoms with Crippen LogP contribution in [0.4, 0.5) is 4.39 Å². The number of nitrogens with two attached hydrogens (primary N) is 1. The molecule has 0 amide bonds. The van der Waals surface area contributed by atoms with E-state index in [4.69, 9.17) is 5.84 Å². The van der Waals surface area contributed by atoms with Crippen molar-refractivity contribution in [3.05, 3.63) is 35.1 Å². The van der Waals surface area contributed by atoms with Crippen LogP contribution in [0.1, 0.15) is 63.6 Å². The molecule has 118 valence electrons. The summed E-state index contributed by atoms with van der Waals surface area (Å²) in [6.07, 6.45) is 4.89. The number of halogens is 1. The molecule has 1 aliphatic rings. The third-order valence-electron chi connectivity index (χ3n) is 5.21. The highest BCUT2D eigenvalue weighted by atomic mass is 19.1. The smallest absolute Gasteiger partial charge is 0.123 e. The molecule has 3 N–H and O–H groups in total. The average molecular weight is 292 g/mol. The van der Waals surface area contributed by atoms with Crippen LogP contribution >= 0.6 is 0 Å². The highest BCUT2D eigenvalue weighted by molar-refractivity contribution is 5.30. The number of nitrogens with one attached hydrogen (secondary N) is 1. The monoisotopic (exact) mass is 292 g/mol. The zero-order chi connectivity index (χ0) is 15.6. The quantitative estimate of drug-likeness (QED) is 0.636. The Balaban J connectivity index is 2.09. The lowest BCUT2D eigenvalue weighted by Crippen LogP contribution is -2.37. The fourth-order valence-electron chi connectivity index (χ4n) is 3.79. The Morgan fingerprint density at radius 1 is 1.19 bits per heavy atom. The van der Waals surface area contributed by atoms with Crippen molar-refractivity contribution in [3.8, 4) is 0 Å². The van der Waals surface area contributed by atoms with E-state index in [0.29, 0.717) is 11.3 Å². The van der Waals surface area contributed by atoms with Crippen LogP contribution in [0.25, 0.3) is 0 Å². The normalized spacial score (nSPS) is 24.9. The molecule has 0 spiro atoms. The molecule has 1 aromatic carbocycles. The van der Waals surface area contributed by atoms with E-state index in [9.17, 15) is 4.39 Å². The summed E-state index contributed by atoms with van der Waals surface area (Å²) in [6, 6.07) is 5.14. The van der Waals surface area contributed by atoms with Gasteiger partial charge in [0.05, 0.1) is 0 Å². The molecule has 1 saturated carbocycles. The van der Waals surface area contributed by atoms with E-state index in [2.05, 4.69) is 26.2 Å².